The van der Waals surface area contributed by atoms with Crippen LogP contribution in [0.25, 0.3) is 22.0 Å². The number of nitrogens with two attached hydrogens (primary N) is 3. The normalized spacial score (nSPS) is 17.2. The number of aliphatic hydroxyl groups excluding tert-OH is 1. The predicted molar refractivity (Wildman–Crippen MR) is 146 cm³/mol. The molecule has 11 nitrogen and oxygen atoms in total. The first-order chi connectivity index (χ1) is 18.2. The lowest BCUT2D eigenvalue weighted by atomic mass is 9.93. The van der Waals surface area contributed by atoms with Crippen LogP contribution in [0, 0.1) is 0 Å². The number of carbonyl (C=O) groups is 2. The maximum absolute atomic E-state index is 13.2. The van der Waals surface area contributed by atoms with Gasteiger partial charge in [0.1, 0.15) is 6.23 Å². The molecule has 1 saturated heterocycles. The van der Waals surface area contributed by atoms with E-state index >= 15 is 0 Å². The van der Waals surface area contributed by atoms with Crippen LogP contribution in [0.1, 0.15) is 27.7 Å². The van der Waals surface area contributed by atoms with Crippen LogP contribution in [0.5, 0.6) is 0 Å². The van der Waals surface area contributed by atoms with Crippen molar-refractivity contribution in [2.24, 2.45) is 18.5 Å². The van der Waals surface area contributed by atoms with E-state index in [1.54, 1.807) is 16.9 Å². The molecule has 2 aliphatic heterocycles. The molecule has 1 aromatic heterocycles. The molecule has 2 aromatic carbocycles. The smallest absolute Gasteiger partial charge is 0.256 e. The topological polar surface area (TPSA) is 160 Å². The van der Waals surface area contributed by atoms with Gasteiger partial charge in [0.2, 0.25) is 5.91 Å². The Kier molecular flexibility index (Phi) is 6.93. The summed E-state index contributed by atoms with van der Waals surface area (Å²) < 4.78 is 1.78. The molecule has 0 bridgehead atoms. The van der Waals surface area contributed by atoms with Gasteiger partial charge < -0.3 is 27.2 Å². The van der Waals surface area contributed by atoms with Crippen LogP contribution in [0.2, 0.25) is 0 Å². The molecule has 2 aliphatic rings. The van der Waals surface area contributed by atoms with Gasteiger partial charge in [-0.05, 0) is 34.9 Å². The third-order valence-electron chi connectivity index (χ3n) is 7.61. The zero-order chi connectivity index (χ0) is 27.1. The number of hydrogen-bond donors (Lipinski definition) is 4. The van der Waals surface area contributed by atoms with Gasteiger partial charge in [0.05, 0.1) is 23.8 Å². The van der Waals surface area contributed by atoms with Crippen LogP contribution >= 0.6 is 0 Å². The van der Waals surface area contributed by atoms with E-state index in [-0.39, 0.29) is 24.6 Å². The number of anilines is 1. The zero-order valence-corrected chi connectivity index (χ0v) is 21.6. The van der Waals surface area contributed by atoms with Crippen molar-refractivity contribution in [1.29, 1.82) is 0 Å². The van der Waals surface area contributed by atoms with E-state index in [9.17, 15) is 14.7 Å². The fraction of sp³-hybridized carbons (Fsp3) is 0.370. The van der Waals surface area contributed by atoms with Crippen molar-refractivity contribution in [3.63, 3.8) is 0 Å². The molecular weight excluding hydrogens is 484 g/mol. The van der Waals surface area contributed by atoms with Crippen LogP contribution in [0.15, 0.2) is 42.6 Å². The average molecular weight is 519 g/mol. The van der Waals surface area contributed by atoms with E-state index in [1.807, 2.05) is 25.2 Å². The summed E-state index contributed by atoms with van der Waals surface area (Å²) in [6, 6.07) is 7.60. The van der Waals surface area contributed by atoms with Crippen molar-refractivity contribution in [1.82, 2.24) is 24.5 Å². The summed E-state index contributed by atoms with van der Waals surface area (Å²) in [5.74, 6) is -0.912. The molecule has 1 fully saturated rings. The van der Waals surface area contributed by atoms with Gasteiger partial charge >= 0.3 is 0 Å². The minimum absolute atomic E-state index is 0.0303. The SMILES string of the molecule is C=C(CN1Cc2c(-c3cc(C(O)N4CCN(CCN)CC4)c4cnn(C)c4c3)ccc(N)c2C1=O)C(N)=O. The lowest BCUT2D eigenvalue weighted by molar-refractivity contribution is -0.114. The highest BCUT2D eigenvalue weighted by Crippen LogP contribution is 2.39. The monoisotopic (exact) mass is 518 g/mol. The fourth-order valence-electron chi connectivity index (χ4n) is 5.46. The number of hydrogen-bond acceptors (Lipinski definition) is 8. The Morgan fingerprint density at radius 2 is 1.95 bits per heavy atom. The van der Waals surface area contributed by atoms with Gasteiger partial charge in [0.25, 0.3) is 5.91 Å². The van der Waals surface area contributed by atoms with E-state index in [2.05, 4.69) is 21.5 Å². The first kappa shape index (κ1) is 25.9. The summed E-state index contributed by atoms with van der Waals surface area (Å²) in [5, 5.41) is 16.8. The van der Waals surface area contributed by atoms with Crippen molar-refractivity contribution in [2.75, 3.05) is 51.5 Å². The molecule has 11 heteroatoms. The van der Waals surface area contributed by atoms with Crippen LogP contribution < -0.4 is 17.2 Å². The van der Waals surface area contributed by atoms with E-state index in [0.29, 0.717) is 17.8 Å². The molecule has 0 spiro atoms. The van der Waals surface area contributed by atoms with Gasteiger partial charge in [0, 0.05) is 75.1 Å². The second kappa shape index (κ2) is 10.2. The summed E-state index contributed by atoms with van der Waals surface area (Å²) in [7, 11) is 1.86. The summed E-state index contributed by atoms with van der Waals surface area (Å²) >= 11 is 0. The molecule has 0 aliphatic carbocycles. The number of fused-ring (bicyclic) bond motifs is 2. The van der Waals surface area contributed by atoms with Gasteiger partial charge in [-0.2, -0.15) is 5.10 Å². The number of carbonyl (C=O) groups excluding carboxylic acids is 2. The Morgan fingerprint density at radius 1 is 1.21 bits per heavy atom. The number of aryl methyl sites for hydroxylation is 1. The minimum atomic E-state index is -0.819. The van der Waals surface area contributed by atoms with E-state index < -0.39 is 12.1 Å². The number of benzene rings is 2. The number of nitrogen functional groups attached to an aromatic ring is 1. The number of nitrogens with zero attached hydrogens (tertiary/aromatic N) is 5. The maximum Gasteiger partial charge on any atom is 0.256 e. The van der Waals surface area contributed by atoms with Gasteiger partial charge in [-0.3, -0.25) is 24.1 Å². The predicted octanol–water partition coefficient (Wildman–Crippen LogP) is 0.387. The molecule has 0 saturated carbocycles. The standard InChI is InChI=1S/C27H34N8O3/c1-16(25(30)36)14-35-15-21-18(3-4-22(29)24(21)27(35)38)17-11-19(20-13-31-32(2)23(20)12-17)26(37)34-9-7-33(6-5-28)8-10-34/h3-4,11-13,26,37H,1,5-10,14-15,28-29H2,2H3,(H2,30,36). The molecular formula is C27H34N8O3. The maximum atomic E-state index is 13.2. The lowest BCUT2D eigenvalue weighted by Crippen LogP contribution is -2.48. The quantitative estimate of drug-likeness (QED) is 0.246. The molecule has 3 aromatic rings. The Hall–Kier alpha value is -3.77. The highest BCUT2D eigenvalue weighted by Gasteiger charge is 2.33. The molecule has 7 N–H and O–H groups in total. The van der Waals surface area contributed by atoms with E-state index in [4.69, 9.17) is 17.2 Å². The molecule has 38 heavy (non-hydrogen) atoms. The molecule has 1 atom stereocenters. The number of rotatable bonds is 8. The first-order valence-corrected chi connectivity index (χ1v) is 12.7. The van der Waals surface area contributed by atoms with Crippen molar-refractivity contribution < 1.29 is 14.7 Å². The minimum Gasteiger partial charge on any atom is -0.398 e. The highest BCUT2D eigenvalue weighted by atomic mass is 16.3. The third-order valence-corrected chi connectivity index (χ3v) is 7.61. The number of aliphatic hydroxyl groups is 1. The van der Waals surface area contributed by atoms with Gasteiger partial charge in [-0.1, -0.05) is 12.6 Å². The second-order valence-electron chi connectivity index (χ2n) is 9.99. The summed E-state index contributed by atoms with van der Waals surface area (Å²) in [4.78, 5) is 30.7. The Labute approximate surface area is 221 Å². The van der Waals surface area contributed by atoms with Crippen LogP contribution in [-0.2, 0) is 18.4 Å². The molecule has 3 heterocycles. The average Bonchev–Trinajstić information content (AvgIpc) is 3.44. The summed E-state index contributed by atoms with van der Waals surface area (Å²) in [6.07, 6.45) is 0.955. The second-order valence-corrected chi connectivity index (χ2v) is 9.99. The van der Waals surface area contributed by atoms with Crippen molar-refractivity contribution >= 4 is 28.4 Å². The summed E-state index contributed by atoms with van der Waals surface area (Å²) in [5.41, 5.74) is 22.3. The fourth-order valence-corrected chi connectivity index (χ4v) is 5.46. The number of amides is 2. The molecule has 0 radical (unpaired) electrons. The van der Waals surface area contributed by atoms with Crippen molar-refractivity contribution in [2.45, 2.75) is 12.8 Å². The van der Waals surface area contributed by atoms with Gasteiger partial charge in [0.15, 0.2) is 0 Å². The third kappa shape index (κ3) is 4.54. The Balaban J connectivity index is 1.54. The van der Waals surface area contributed by atoms with Crippen LogP contribution in [0.4, 0.5) is 5.69 Å². The highest BCUT2D eigenvalue weighted by molar-refractivity contribution is 6.06. The molecule has 2 amide bonds. The van der Waals surface area contributed by atoms with Gasteiger partial charge in [-0.25, -0.2) is 0 Å². The first-order valence-electron chi connectivity index (χ1n) is 12.7. The molecule has 200 valence electrons. The lowest BCUT2D eigenvalue weighted by Gasteiger charge is -2.37. The number of piperazine rings is 1. The Bertz CT molecular complexity index is 1420. The molecule has 1 unspecified atom stereocenters. The number of primary amides is 1. The Morgan fingerprint density at radius 3 is 2.63 bits per heavy atom. The molecule has 5 rings (SSSR count). The van der Waals surface area contributed by atoms with Crippen LogP contribution in [0.3, 0.4) is 0 Å². The van der Waals surface area contributed by atoms with E-state index in [1.165, 1.54) is 4.90 Å². The van der Waals surface area contributed by atoms with E-state index in [0.717, 1.165) is 65.9 Å². The van der Waals surface area contributed by atoms with Crippen LogP contribution in [-0.4, -0.2) is 87.2 Å². The van der Waals surface area contributed by atoms with Crippen molar-refractivity contribution in [3.8, 4) is 11.1 Å². The summed E-state index contributed by atoms with van der Waals surface area (Å²) in [6.45, 7) is 8.57. The number of aromatic nitrogens is 2. The zero-order valence-electron chi connectivity index (χ0n) is 21.6. The van der Waals surface area contributed by atoms with Crippen molar-refractivity contribution in [3.05, 3.63) is 59.3 Å². The largest absolute Gasteiger partial charge is 0.398 e. The van der Waals surface area contributed by atoms with Gasteiger partial charge in [-0.15, -0.1) is 0 Å².